The van der Waals surface area contributed by atoms with Crippen molar-refractivity contribution in [3.8, 4) is 0 Å². The van der Waals surface area contributed by atoms with Crippen molar-refractivity contribution in [1.29, 1.82) is 0 Å². The Hall–Kier alpha value is -2.68. The van der Waals surface area contributed by atoms with E-state index in [0.29, 0.717) is 6.42 Å². The molecule has 2 aromatic carbocycles. The van der Waals surface area contributed by atoms with Gasteiger partial charge in [-0.25, -0.2) is 0 Å². The fourth-order valence-corrected chi connectivity index (χ4v) is 2.86. The molecule has 0 aliphatic carbocycles. The van der Waals surface area contributed by atoms with Crippen LogP contribution in [-0.4, -0.2) is 10.9 Å². The van der Waals surface area contributed by atoms with E-state index in [-0.39, 0.29) is 11.3 Å². The number of amides is 1. The summed E-state index contributed by atoms with van der Waals surface area (Å²) in [5.41, 5.74) is 3.29. The number of carbonyl (C=O) groups is 1. The molecule has 0 bridgehead atoms. The zero-order valence-corrected chi connectivity index (χ0v) is 15.0. The first kappa shape index (κ1) is 17.2. The topological polar surface area (TPSA) is 42.0 Å². The minimum absolute atomic E-state index is 0.0121. The first-order valence-electron chi connectivity index (χ1n) is 8.65. The number of hydrogen-bond acceptors (Lipinski definition) is 2. The van der Waals surface area contributed by atoms with E-state index in [1.165, 1.54) is 11.1 Å². The molecule has 0 spiro atoms. The third-order valence-electron chi connectivity index (χ3n) is 4.38. The summed E-state index contributed by atoms with van der Waals surface area (Å²) in [6, 6.07) is 16.4. The number of hydrogen-bond donors (Lipinski definition) is 1. The number of fused-ring (bicyclic) bond motifs is 1. The van der Waals surface area contributed by atoms with Crippen LogP contribution in [0.1, 0.15) is 38.3 Å². The van der Waals surface area contributed by atoms with E-state index in [1.54, 1.807) is 6.20 Å². The van der Waals surface area contributed by atoms with Gasteiger partial charge < -0.3 is 5.32 Å². The highest BCUT2D eigenvalue weighted by atomic mass is 16.1. The highest BCUT2D eigenvalue weighted by Gasteiger charge is 2.15. The Balaban J connectivity index is 1.76. The standard InChI is InChI=1S/C22H24N2O/c1-22(2,3)18-10-11-19-17(13-18)14-23-15-20(19)24-21(25)12-9-16-7-5-4-6-8-16/h4-8,10-11,13-15H,9,12H2,1-3H3,(H,24,25). The molecule has 3 aromatic rings. The van der Waals surface area contributed by atoms with E-state index < -0.39 is 0 Å². The van der Waals surface area contributed by atoms with Gasteiger partial charge in [-0.2, -0.15) is 0 Å². The van der Waals surface area contributed by atoms with Gasteiger partial charge in [0.05, 0.1) is 11.9 Å². The normalized spacial score (nSPS) is 11.5. The Kier molecular flexibility index (Phi) is 4.84. The fourth-order valence-electron chi connectivity index (χ4n) is 2.86. The predicted octanol–water partition coefficient (Wildman–Crippen LogP) is 5.10. The number of nitrogens with zero attached hydrogens (tertiary/aromatic N) is 1. The molecular formula is C22H24N2O. The van der Waals surface area contributed by atoms with E-state index in [9.17, 15) is 4.79 Å². The molecule has 0 aliphatic rings. The van der Waals surface area contributed by atoms with Gasteiger partial charge in [0.1, 0.15) is 0 Å². The monoisotopic (exact) mass is 332 g/mol. The SMILES string of the molecule is CC(C)(C)c1ccc2c(NC(=O)CCc3ccccc3)cncc2c1. The van der Waals surface area contributed by atoms with Crippen LogP contribution in [-0.2, 0) is 16.6 Å². The predicted molar refractivity (Wildman–Crippen MR) is 104 cm³/mol. The summed E-state index contributed by atoms with van der Waals surface area (Å²) in [6.45, 7) is 6.57. The first-order chi connectivity index (χ1) is 11.9. The van der Waals surface area contributed by atoms with E-state index in [2.05, 4.69) is 49.3 Å². The highest BCUT2D eigenvalue weighted by Crippen LogP contribution is 2.29. The zero-order chi connectivity index (χ0) is 17.9. The van der Waals surface area contributed by atoms with E-state index in [4.69, 9.17) is 0 Å². The maximum absolute atomic E-state index is 12.3. The van der Waals surface area contributed by atoms with Crippen LogP contribution in [0.3, 0.4) is 0 Å². The molecule has 0 saturated heterocycles. The molecule has 128 valence electrons. The molecule has 0 saturated carbocycles. The number of aryl methyl sites for hydroxylation is 1. The van der Waals surface area contributed by atoms with E-state index in [1.807, 2.05) is 36.5 Å². The van der Waals surface area contributed by atoms with Gasteiger partial charge in [0.15, 0.2) is 0 Å². The van der Waals surface area contributed by atoms with Gasteiger partial charge in [-0.15, -0.1) is 0 Å². The summed E-state index contributed by atoms with van der Waals surface area (Å²) >= 11 is 0. The number of carbonyl (C=O) groups excluding carboxylic acids is 1. The molecule has 3 nitrogen and oxygen atoms in total. The van der Waals surface area contributed by atoms with Crippen molar-refractivity contribution in [2.24, 2.45) is 0 Å². The molecule has 1 N–H and O–H groups in total. The minimum atomic E-state index is 0.0121. The summed E-state index contributed by atoms with van der Waals surface area (Å²) in [4.78, 5) is 16.6. The third-order valence-corrected chi connectivity index (χ3v) is 4.38. The number of benzene rings is 2. The van der Waals surface area contributed by atoms with Crippen molar-refractivity contribution in [3.05, 3.63) is 72.1 Å². The average molecular weight is 332 g/mol. The Labute approximate surface area is 149 Å². The molecule has 0 aliphatic heterocycles. The molecule has 1 aromatic heterocycles. The lowest BCUT2D eigenvalue weighted by atomic mass is 9.86. The van der Waals surface area contributed by atoms with Gasteiger partial charge in [-0.3, -0.25) is 9.78 Å². The molecule has 25 heavy (non-hydrogen) atoms. The van der Waals surface area contributed by atoms with Crippen LogP contribution >= 0.6 is 0 Å². The minimum Gasteiger partial charge on any atom is -0.324 e. The summed E-state index contributed by atoms with van der Waals surface area (Å²) < 4.78 is 0. The van der Waals surface area contributed by atoms with Gasteiger partial charge in [0.2, 0.25) is 5.91 Å². The molecule has 3 heteroatoms. The third kappa shape index (κ3) is 4.24. The lowest BCUT2D eigenvalue weighted by molar-refractivity contribution is -0.116. The lowest BCUT2D eigenvalue weighted by Gasteiger charge is -2.20. The van der Waals surface area contributed by atoms with Crippen LogP contribution in [0.25, 0.3) is 10.8 Å². The molecular weight excluding hydrogens is 308 g/mol. The molecule has 0 atom stereocenters. The summed E-state index contributed by atoms with van der Waals surface area (Å²) in [7, 11) is 0. The van der Waals surface area contributed by atoms with Crippen LogP contribution < -0.4 is 5.32 Å². The van der Waals surface area contributed by atoms with Crippen molar-refractivity contribution in [2.75, 3.05) is 5.32 Å². The maximum atomic E-state index is 12.3. The average Bonchev–Trinajstić information content (AvgIpc) is 2.60. The number of aromatic nitrogens is 1. The Morgan fingerprint density at radius 3 is 2.52 bits per heavy atom. The van der Waals surface area contributed by atoms with Crippen molar-refractivity contribution >= 4 is 22.4 Å². The van der Waals surface area contributed by atoms with Gasteiger partial charge in [0, 0.05) is 23.4 Å². The van der Waals surface area contributed by atoms with Crippen molar-refractivity contribution in [1.82, 2.24) is 4.98 Å². The smallest absolute Gasteiger partial charge is 0.224 e. The Morgan fingerprint density at radius 1 is 1.04 bits per heavy atom. The van der Waals surface area contributed by atoms with Crippen LogP contribution in [0.2, 0.25) is 0 Å². The number of rotatable bonds is 4. The highest BCUT2D eigenvalue weighted by molar-refractivity contribution is 6.01. The van der Waals surface area contributed by atoms with Crippen molar-refractivity contribution < 1.29 is 4.79 Å². The molecule has 3 rings (SSSR count). The van der Waals surface area contributed by atoms with Crippen LogP contribution in [0.15, 0.2) is 60.9 Å². The summed E-state index contributed by atoms with van der Waals surface area (Å²) in [6.07, 6.45) is 4.77. The lowest BCUT2D eigenvalue weighted by Crippen LogP contribution is -2.13. The van der Waals surface area contributed by atoms with Gasteiger partial charge >= 0.3 is 0 Å². The summed E-state index contributed by atoms with van der Waals surface area (Å²) in [5, 5.41) is 5.09. The van der Waals surface area contributed by atoms with E-state index >= 15 is 0 Å². The Morgan fingerprint density at radius 2 is 1.80 bits per heavy atom. The van der Waals surface area contributed by atoms with Crippen LogP contribution in [0, 0.1) is 0 Å². The van der Waals surface area contributed by atoms with E-state index in [0.717, 1.165) is 22.9 Å². The largest absolute Gasteiger partial charge is 0.324 e. The molecule has 1 amide bonds. The molecule has 1 heterocycles. The second-order valence-corrected chi connectivity index (χ2v) is 7.41. The molecule has 0 radical (unpaired) electrons. The van der Waals surface area contributed by atoms with Gasteiger partial charge in [0.25, 0.3) is 0 Å². The second kappa shape index (κ2) is 7.06. The first-order valence-corrected chi connectivity index (χ1v) is 8.65. The van der Waals surface area contributed by atoms with Crippen molar-refractivity contribution in [3.63, 3.8) is 0 Å². The maximum Gasteiger partial charge on any atom is 0.224 e. The van der Waals surface area contributed by atoms with Gasteiger partial charge in [-0.05, 0) is 29.0 Å². The van der Waals surface area contributed by atoms with Crippen LogP contribution in [0.4, 0.5) is 5.69 Å². The fraction of sp³-hybridized carbons (Fsp3) is 0.273. The number of pyridine rings is 1. The number of anilines is 1. The molecule has 0 unspecified atom stereocenters. The molecule has 0 fully saturated rings. The second-order valence-electron chi connectivity index (χ2n) is 7.41. The van der Waals surface area contributed by atoms with Crippen LogP contribution in [0.5, 0.6) is 0 Å². The summed E-state index contributed by atoms with van der Waals surface area (Å²) in [5.74, 6) is 0.0121. The number of nitrogens with one attached hydrogen (secondary N) is 1. The van der Waals surface area contributed by atoms with Crippen molar-refractivity contribution in [2.45, 2.75) is 39.0 Å². The Bertz CT molecular complexity index is 879. The zero-order valence-electron chi connectivity index (χ0n) is 15.0. The van der Waals surface area contributed by atoms with Gasteiger partial charge in [-0.1, -0.05) is 63.2 Å². The quantitative estimate of drug-likeness (QED) is 0.722.